The molecule has 1 saturated carbocycles. The molecule has 3 aliphatic rings. The van der Waals surface area contributed by atoms with Crippen LogP contribution in [0.2, 0.25) is 0 Å². The van der Waals surface area contributed by atoms with Crippen molar-refractivity contribution in [1.82, 2.24) is 14.9 Å². The van der Waals surface area contributed by atoms with Gasteiger partial charge in [0.25, 0.3) is 0 Å². The van der Waals surface area contributed by atoms with Crippen LogP contribution in [0.5, 0.6) is 0 Å². The molecule has 1 saturated heterocycles. The van der Waals surface area contributed by atoms with Crippen LogP contribution in [-0.4, -0.2) is 70.4 Å². The maximum Gasteiger partial charge on any atom is 0.303 e. The largest absolute Gasteiger partial charge is 0.457 e. The van der Waals surface area contributed by atoms with Crippen molar-refractivity contribution >= 4 is 17.7 Å². The van der Waals surface area contributed by atoms with Crippen molar-refractivity contribution in [3.05, 3.63) is 29.3 Å². The molecule has 0 amide bonds. The molecular weight excluding hydrogens is 456 g/mol. The number of aliphatic hydroxyl groups is 1. The van der Waals surface area contributed by atoms with Crippen LogP contribution in [0.15, 0.2) is 11.6 Å². The Balaban J connectivity index is 1.41. The Morgan fingerprint density at radius 2 is 2.03 bits per heavy atom. The van der Waals surface area contributed by atoms with Gasteiger partial charge < -0.3 is 20.5 Å². The lowest BCUT2D eigenvalue weighted by Gasteiger charge is -2.53. The van der Waals surface area contributed by atoms with Crippen LogP contribution in [0, 0.1) is 48.3 Å². The van der Waals surface area contributed by atoms with E-state index in [1.54, 1.807) is 6.92 Å². The molecule has 194 valence electrons. The van der Waals surface area contributed by atoms with Gasteiger partial charge in [-0.3, -0.25) is 9.69 Å². The van der Waals surface area contributed by atoms with Gasteiger partial charge in [-0.15, -0.1) is 0 Å². The summed E-state index contributed by atoms with van der Waals surface area (Å²) in [7, 11) is 0. The van der Waals surface area contributed by atoms with Gasteiger partial charge in [0, 0.05) is 45.6 Å². The fourth-order valence-corrected chi connectivity index (χ4v) is 6.14. The Labute approximate surface area is 214 Å². The fourth-order valence-electron chi connectivity index (χ4n) is 6.14. The van der Waals surface area contributed by atoms with Crippen molar-refractivity contribution < 1.29 is 14.6 Å². The number of ether oxygens (including phenoxy) is 1. The normalized spacial score (nSPS) is 31.7. The second kappa shape index (κ2) is 10.3. The van der Waals surface area contributed by atoms with E-state index in [-0.39, 0.29) is 23.6 Å². The molecule has 4 rings (SSSR count). The van der Waals surface area contributed by atoms with Gasteiger partial charge in [0.1, 0.15) is 23.6 Å². The molecule has 3 N–H and O–H groups in total. The van der Waals surface area contributed by atoms with Crippen molar-refractivity contribution in [3.63, 3.8) is 0 Å². The average molecular weight is 495 g/mol. The molecule has 0 spiro atoms. The van der Waals surface area contributed by atoms with Crippen molar-refractivity contribution in [3.8, 4) is 6.07 Å². The predicted octanol–water partition coefficient (Wildman–Crippen LogP) is 2.36. The van der Waals surface area contributed by atoms with Crippen LogP contribution < -0.4 is 10.6 Å². The average Bonchev–Trinajstić information content (AvgIpc) is 2.81. The third kappa shape index (κ3) is 5.07. The smallest absolute Gasteiger partial charge is 0.303 e. The second-order valence-electron chi connectivity index (χ2n) is 10.8. The Bertz CT molecular complexity index is 1040. The summed E-state index contributed by atoms with van der Waals surface area (Å²) in [4.78, 5) is 25.0. The van der Waals surface area contributed by atoms with E-state index in [1.165, 1.54) is 6.92 Å². The van der Waals surface area contributed by atoms with E-state index in [9.17, 15) is 15.2 Å². The topological polar surface area (TPSA) is 129 Å². The lowest BCUT2D eigenvalue weighted by atomic mass is 9.57. The maximum absolute atomic E-state index is 11.7. The van der Waals surface area contributed by atoms with Crippen LogP contribution >= 0.6 is 0 Å². The highest BCUT2D eigenvalue weighted by molar-refractivity contribution is 5.66. The highest BCUT2D eigenvalue weighted by atomic mass is 16.5. The monoisotopic (exact) mass is 494 g/mol. The molecule has 1 aromatic heterocycles. The molecule has 6 atom stereocenters. The molecule has 36 heavy (non-hydrogen) atoms. The van der Waals surface area contributed by atoms with Gasteiger partial charge in [0.15, 0.2) is 0 Å². The van der Waals surface area contributed by atoms with Crippen molar-refractivity contribution in [2.45, 2.75) is 59.2 Å². The lowest BCUT2D eigenvalue weighted by molar-refractivity contribution is -0.148. The Morgan fingerprint density at radius 1 is 1.33 bits per heavy atom. The van der Waals surface area contributed by atoms with E-state index < -0.39 is 11.7 Å². The van der Waals surface area contributed by atoms with Crippen molar-refractivity contribution in [1.29, 1.82) is 5.26 Å². The number of carbonyl (C=O) groups excluding carboxylic acids is 1. The van der Waals surface area contributed by atoms with Gasteiger partial charge in [-0.2, -0.15) is 10.2 Å². The highest BCUT2D eigenvalue weighted by Gasteiger charge is 2.53. The summed E-state index contributed by atoms with van der Waals surface area (Å²) in [5, 5.41) is 20.9. The molecule has 1 aliphatic heterocycles. The number of aryl methyl sites for hydroxylation is 1. The molecule has 2 radical (unpaired) electrons. The number of esters is 1. The Kier molecular flexibility index (Phi) is 7.58. The number of nitrogens with zero attached hydrogens (tertiary/aromatic N) is 5. The summed E-state index contributed by atoms with van der Waals surface area (Å²) in [5.41, 5.74) is 6.76. The van der Waals surface area contributed by atoms with Crippen LogP contribution in [0.3, 0.4) is 0 Å². The van der Waals surface area contributed by atoms with E-state index in [1.807, 2.05) is 6.92 Å². The minimum Gasteiger partial charge on any atom is -0.457 e. The number of nitrogens with two attached hydrogens (primary N) is 1. The summed E-state index contributed by atoms with van der Waals surface area (Å²) in [6, 6.07) is 2.07. The zero-order chi connectivity index (χ0) is 26.2. The summed E-state index contributed by atoms with van der Waals surface area (Å²) >= 11 is 0. The Hall–Kier alpha value is -2.70. The third-order valence-corrected chi connectivity index (χ3v) is 8.31. The van der Waals surface area contributed by atoms with E-state index in [2.05, 4.69) is 52.2 Å². The van der Waals surface area contributed by atoms with E-state index >= 15 is 0 Å². The standard InChI is InChI=1S/C27H38N6O3/c1-16-12-23-21(7-6-18(3)27(23,35)13-24(16)36-20(5)34)17(2)15-32-8-10-33(11-9-32)26-30-19(4)22(14-28)25(29)31-26/h12,17-18,21,23-24,35H,6-11,15H2,1-5H3,(H2,29,30,31)/t17-,18-,21+,23-,24-,27-/m1/s1. The number of hydrogen-bond donors (Lipinski definition) is 2. The number of carbonyl (C=O) groups is 1. The van der Waals surface area contributed by atoms with E-state index in [0.29, 0.717) is 29.0 Å². The third-order valence-electron chi connectivity index (χ3n) is 8.31. The number of hydrogen-bond acceptors (Lipinski definition) is 9. The van der Waals surface area contributed by atoms with Gasteiger partial charge in [0.2, 0.25) is 5.95 Å². The van der Waals surface area contributed by atoms with Gasteiger partial charge in [0.05, 0.1) is 17.7 Å². The molecule has 2 aliphatic carbocycles. The molecular formula is C27H38N6O3. The predicted molar refractivity (Wildman–Crippen MR) is 137 cm³/mol. The summed E-state index contributed by atoms with van der Waals surface area (Å²) < 4.78 is 5.43. The van der Waals surface area contributed by atoms with Crippen LogP contribution in [0.4, 0.5) is 11.8 Å². The summed E-state index contributed by atoms with van der Waals surface area (Å²) in [5.74, 6) is 1.16. The first-order valence-corrected chi connectivity index (χ1v) is 12.9. The number of aromatic nitrogens is 2. The molecule has 9 nitrogen and oxygen atoms in total. The quantitative estimate of drug-likeness (QED) is 0.468. The molecule has 0 aromatic carbocycles. The maximum atomic E-state index is 11.7. The van der Waals surface area contributed by atoms with Crippen LogP contribution in [0.25, 0.3) is 0 Å². The number of rotatable bonds is 5. The minimum absolute atomic E-state index is 0.0395. The lowest BCUT2D eigenvalue weighted by Crippen LogP contribution is -2.57. The molecule has 2 fully saturated rings. The molecule has 0 bridgehead atoms. The first-order chi connectivity index (χ1) is 17.0. The van der Waals surface area contributed by atoms with Crippen LogP contribution in [0.1, 0.15) is 51.8 Å². The number of nitrogen functional groups attached to an aromatic ring is 1. The SMILES string of the molecule is CC(=O)O[C@@H]1[C][C@@]2(O)[C@H](C)CC[C@@H]([C@H](C)CN3CCN(c4nc(C)c(C#N)c(N)n4)CC3)[C@H]2C=C1C. The van der Waals surface area contributed by atoms with E-state index in [0.717, 1.165) is 51.1 Å². The second-order valence-corrected chi connectivity index (χ2v) is 10.8. The zero-order valence-electron chi connectivity index (χ0n) is 22.0. The number of nitriles is 1. The fraction of sp³-hybridized carbons (Fsp3) is 0.667. The molecule has 0 unspecified atom stereocenters. The zero-order valence-corrected chi connectivity index (χ0v) is 22.0. The van der Waals surface area contributed by atoms with Gasteiger partial charge in [-0.1, -0.05) is 19.9 Å². The summed E-state index contributed by atoms with van der Waals surface area (Å²) in [6.45, 7) is 13.8. The Morgan fingerprint density at radius 3 is 2.64 bits per heavy atom. The van der Waals surface area contributed by atoms with Crippen molar-refractivity contribution in [2.75, 3.05) is 43.4 Å². The van der Waals surface area contributed by atoms with Gasteiger partial charge >= 0.3 is 5.97 Å². The highest BCUT2D eigenvalue weighted by Crippen LogP contribution is 2.50. The van der Waals surface area contributed by atoms with Gasteiger partial charge in [-0.25, -0.2) is 4.98 Å². The summed E-state index contributed by atoms with van der Waals surface area (Å²) in [6.07, 6.45) is 6.79. The first kappa shape index (κ1) is 26.4. The number of fused-ring (bicyclic) bond motifs is 1. The van der Waals surface area contributed by atoms with Crippen LogP contribution in [-0.2, 0) is 9.53 Å². The molecule has 9 heteroatoms. The first-order valence-electron chi connectivity index (χ1n) is 12.9. The molecule has 2 heterocycles. The molecule has 1 aromatic rings. The van der Waals surface area contributed by atoms with Gasteiger partial charge in [-0.05, 0) is 50.0 Å². The van der Waals surface area contributed by atoms with Crippen molar-refractivity contribution in [2.24, 2.45) is 23.7 Å². The minimum atomic E-state index is -1.10. The number of anilines is 2. The number of piperazine rings is 1. The van der Waals surface area contributed by atoms with E-state index in [4.69, 9.17) is 10.5 Å².